The molecule has 2 aromatic heterocycles. The predicted molar refractivity (Wildman–Crippen MR) is 126 cm³/mol. The minimum Gasteiger partial charge on any atom is -0.396 e. The Morgan fingerprint density at radius 1 is 0.938 bits per heavy atom. The van der Waals surface area contributed by atoms with Crippen LogP contribution in [0.3, 0.4) is 0 Å². The Kier molecular flexibility index (Phi) is 6.32. The zero-order valence-corrected chi connectivity index (χ0v) is 18.0. The number of benzene rings is 2. The predicted octanol–water partition coefficient (Wildman–Crippen LogP) is 3.12. The molecule has 0 radical (unpaired) electrons. The van der Waals surface area contributed by atoms with Crippen LogP contribution in [0.25, 0.3) is 33.7 Å². The molecule has 1 N–H and O–H groups in total. The molecule has 32 heavy (non-hydrogen) atoms. The average Bonchev–Trinajstić information content (AvgIpc) is 2.82. The normalized spacial score (nSPS) is 11.3. The average molecular weight is 428 g/mol. The van der Waals surface area contributed by atoms with Gasteiger partial charge >= 0.3 is 0 Å². The highest BCUT2D eigenvalue weighted by atomic mass is 16.3. The number of fused-ring (bicyclic) bond motifs is 1. The van der Waals surface area contributed by atoms with Crippen molar-refractivity contribution in [2.24, 2.45) is 4.99 Å². The third-order valence-electron chi connectivity index (χ3n) is 4.81. The fourth-order valence-electron chi connectivity index (χ4n) is 3.31. The third-order valence-corrected chi connectivity index (χ3v) is 4.81. The zero-order valence-electron chi connectivity index (χ0n) is 18.0. The second-order valence-corrected chi connectivity index (χ2v) is 7.48. The van der Waals surface area contributed by atoms with Crippen molar-refractivity contribution in [3.8, 4) is 22.5 Å². The molecule has 0 aliphatic carbocycles. The van der Waals surface area contributed by atoms with Gasteiger partial charge in [0, 0.05) is 38.4 Å². The highest BCUT2D eigenvalue weighted by molar-refractivity contribution is 5.84. The first-order chi connectivity index (χ1) is 15.6. The van der Waals surface area contributed by atoms with Crippen molar-refractivity contribution in [2.75, 3.05) is 20.7 Å². The number of hydrogen-bond acceptors (Lipinski definition) is 6. The number of aliphatic hydroxyl groups is 1. The summed E-state index contributed by atoms with van der Waals surface area (Å²) in [6.07, 6.45) is 1.98. The van der Waals surface area contributed by atoms with Crippen LogP contribution in [-0.2, 0) is 6.54 Å². The van der Waals surface area contributed by atoms with Crippen LogP contribution in [0.5, 0.6) is 0 Å². The summed E-state index contributed by atoms with van der Waals surface area (Å²) in [7, 11) is 3.67. The molecule has 0 saturated carbocycles. The number of aliphatic imine (C=N–C) groups is 1. The summed E-state index contributed by atoms with van der Waals surface area (Å²) in [5.74, 6) is 0.227. The van der Waals surface area contributed by atoms with Crippen molar-refractivity contribution in [3.63, 3.8) is 0 Å². The number of nitrogens with zero attached hydrogens (tertiary/aromatic N) is 6. The van der Waals surface area contributed by atoms with Crippen molar-refractivity contribution < 1.29 is 5.11 Å². The van der Waals surface area contributed by atoms with E-state index >= 15 is 0 Å². The largest absolute Gasteiger partial charge is 0.396 e. The second kappa shape index (κ2) is 9.49. The monoisotopic (exact) mass is 428 g/mol. The van der Waals surface area contributed by atoms with E-state index < -0.39 is 0 Å². The third kappa shape index (κ3) is 4.40. The molecule has 0 fully saturated rings. The number of aromatic nitrogens is 4. The van der Waals surface area contributed by atoms with Gasteiger partial charge in [-0.3, -0.25) is 9.36 Å². The molecule has 2 aromatic carbocycles. The van der Waals surface area contributed by atoms with E-state index in [1.54, 1.807) is 11.2 Å². The lowest BCUT2D eigenvalue weighted by Gasteiger charge is -2.13. The molecule has 0 atom stereocenters. The molecule has 0 spiro atoms. The van der Waals surface area contributed by atoms with E-state index in [2.05, 4.69) is 9.98 Å². The lowest BCUT2D eigenvalue weighted by atomic mass is 10.0. The van der Waals surface area contributed by atoms with Crippen LogP contribution in [0, 0.1) is 0 Å². The fourth-order valence-corrected chi connectivity index (χ4v) is 3.31. The van der Waals surface area contributed by atoms with E-state index in [0.717, 1.165) is 11.1 Å². The van der Waals surface area contributed by atoms with Gasteiger partial charge in [-0.25, -0.2) is 15.0 Å². The minimum absolute atomic E-state index is 0.0464. The molecule has 8 heteroatoms. The molecule has 0 amide bonds. The van der Waals surface area contributed by atoms with Gasteiger partial charge in [-0.2, -0.15) is 4.98 Å². The van der Waals surface area contributed by atoms with Crippen molar-refractivity contribution in [3.05, 3.63) is 71.0 Å². The molecule has 0 unspecified atom stereocenters. The van der Waals surface area contributed by atoms with Crippen LogP contribution in [-0.4, -0.2) is 56.6 Å². The Bertz CT molecular complexity index is 1300. The molecule has 4 rings (SSSR count). The smallest absolute Gasteiger partial charge is 0.283 e. The zero-order chi connectivity index (χ0) is 22.5. The summed E-state index contributed by atoms with van der Waals surface area (Å²) in [6.45, 7) is 0.233. The van der Waals surface area contributed by atoms with E-state index in [1.165, 1.54) is 4.57 Å². The summed E-state index contributed by atoms with van der Waals surface area (Å²) in [4.78, 5) is 33.6. The first-order valence-corrected chi connectivity index (χ1v) is 10.3. The van der Waals surface area contributed by atoms with E-state index in [0.29, 0.717) is 17.8 Å². The van der Waals surface area contributed by atoms with Gasteiger partial charge in [0.25, 0.3) is 5.56 Å². The fraction of sp³-hybridized carbons (Fsp3) is 0.208. The van der Waals surface area contributed by atoms with Crippen LogP contribution in [0.2, 0.25) is 0 Å². The van der Waals surface area contributed by atoms with Gasteiger partial charge < -0.3 is 10.0 Å². The van der Waals surface area contributed by atoms with Crippen LogP contribution >= 0.6 is 0 Å². The molecule has 162 valence electrons. The summed E-state index contributed by atoms with van der Waals surface area (Å²) in [5.41, 5.74) is 3.07. The Labute approximate surface area is 185 Å². The maximum absolute atomic E-state index is 13.4. The van der Waals surface area contributed by atoms with E-state index in [9.17, 15) is 9.90 Å². The molecule has 8 nitrogen and oxygen atoms in total. The molecular formula is C24H24N6O2. The summed E-state index contributed by atoms with van der Waals surface area (Å²) >= 11 is 0. The van der Waals surface area contributed by atoms with Crippen LogP contribution in [0.4, 0.5) is 5.95 Å². The molecule has 0 aliphatic heterocycles. The van der Waals surface area contributed by atoms with Gasteiger partial charge in [0.05, 0.1) is 17.7 Å². The Morgan fingerprint density at radius 3 is 2.09 bits per heavy atom. The maximum Gasteiger partial charge on any atom is 0.283 e. The highest BCUT2D eigenvalue weighted by Gasteiger charge is 2.18. The highest BCUT2D eigenvalue weighted by Crippen LogP contribution is 2.30. The van der Waals surface area contributed by atoms with Crippen molar-refractivity contribution in [1.29, 1.82) is 0 Å². The van der Waals surface area contributed by atoms with E-state index in [1.807, 2.05) is 74.8 Å². The lowest BCUT2D eigenvalue weighted by molar-refractivity contribution is 0.279. The summed E-state index contributed by atoms with van der Waals surface area (Å²) in [6, 6.07) is 19.4. The maximum atomic E-state index is 13.4. The lowest BCUT2D eigenvalue weighted by Crippen LogP contribution is -2.24. The molecule has 0 bridgehead atoms. The number of rotatable bonds is 7. The first kappa shape index (κ1) is 21.3. The van der Waals surface area contributed by atoms with Crippen LogP contribution in [0.1, 0.15) is 6.42 Å². The van der Waals surface area contributed by atoms with E-state index in [4.69, 9.17) is 9.97 Å². The Hall–Kier alpha value is -3.91. The molecule has 2 heterocycles. The Balaban J connectivity index is 2.02. The topological polar surface area (TPSA) is 96.5 Å². The van der Waals surface area contributed by atoms with Crippen molar-refractivity contribution >= 4 is 23.5 Å². The number of hydrogen-bond donors (Lipinski definition) is 1. The van der Waals surface area contributed by atoms with E-state index in [-0.39, 0.29) is 35.8 Å². The summed E-state index contributed by atoms with van der Waals surface area (Å²) < 4.78 is 1.43. The molecule has 0 aliphatic rings. The van der Waals surface area contributed by atoms with Crippen molar-refractivity contribution in [1.82, 2.24) is 24.4 Å². The van der Waals surface area contributed by atoms with Gasteiger partial charge in [0.2, 0.25) is 5.95 Å². The van der Waals surface area contributed by atoms with Gasteiger partial charge in [-0.15, -0.1) is 0 Å². The van der Waals surface area contributed by atoms with Gasteiger partial charge in [0.15, 0.2) is 11.2 Å². The van der Waals surface area contributed by atoms with Crippen LogP contribution < -0.4 is 5.56 Å². The summed E-state index contributed by atoms with van der Waals surface area (Å²) in [5, 5.41) is 9.29. The van der Waals surface area contributed by atoms with Crippen LogP contribution in [0.15, 0.2) is 70.5 Å². The molecule has 0 saturated heterocycles. The Morgan fingerprint density at radius 2 is 1.53 bits per heavy atom. The molecule has 4 aromatic rings. The molecular weight excluding hydrogens is 404 g/mol. The van der Waals surface area contributed by atoms with Gasteiger partial charge in [0.1, 0.15) is 0 Å². The first-order valence-electron chi connectivity index (χ1n) is 10.3. The minimum atomic E-state index is -0.335. The number of aliphatic hydroxyl groups excluding tert-OH is 1. The standard InChI is InChI=1S/C24H24N6O2/c1-29(2)16-25-24-28-22-21(23(32)30(24)14-9-15-31)26-19(17-10-5-3-6-11-17)20(27-22)18-12-7-4-8-13-18/h3-8,10-13,16,31H,9,14-15H2,1-2H3/b25-16+. The second-order valence-electron chi connectivity index (χ2n) is 7.48. The van der Waals surface area contributed by atoms with Crippen molar-refractivity contribution in [2.45, 2.75) is 13.0 Å². The quantitative estimate of drug-likeness (QED) is 0.359. The van der Waals surface area contributed by atoms with Gasteiger partial charge in [-0.1, -0.05) is 60.7 Å². The SMILES string of the molecule is CN(C)/C=N/c1nc2nc(-c3ccccc3)c(-c3ccccc3)nc2c(=O)n1CCCO. The van der Waals surface area contributed by atoms with Gasteiger partial charge in [-0.05, 0) is 6.42 Å².